The van der Waals surface area contributed by atoms with Crippen LogP contribution >= 0.6 is 23.1 Å². The minimum Gasteiger partial charge on any atom is -0.497 e. The van der Waals surface area contributed by atoms with Gasteiger partial charge in [0.2, 0.25) is 5.91 Å². The molecule has 0 spiro atoms. The molecule has 7 nitrogen and oxygen atoms in total. The molecular weight excluding hydrogens is 458 g/mol. The van der Waals surface area contributed by atoms with E-state index in [4.69, 9.17) is 9.47 Å². The van der Waals surface area contributed by atoms with E-state index in [1.807, 2.05) is 5.38 Å². The van der Waals surface area contributed by atoms with E-state index in [0.29, 0.717) is 28.8 Å². The molecule has 3 aromatic rings. The Morgan fingerprint density at radius 1 is 1.03 bits per heavy atom. The third-order valence-electron chi connectivity index (χ3n) is 4.51. The van der Waals surface area contributed by atoms with Gasteiger partial charge < -0.3 is 14.8 Å². The van der Waals surface area contributed by atoms with Crippen LogP contribution in [0, 0.1) is 0 Å². The van der Waals surface area contributed by atoms with E-state index in [9.17, 15) is 9.59 Å². The van der Waals surface area contributed by atoms with E-state index in [1.165, 1.54) is 23.1 Å². The Morgan fingerprint density at radius 2 is 1.76 bits per heavy atom. The molecule has 174 valence electrons. The van der Waals surface area contributed by atoms with Gasteiger partial charge >= 0.3 is 0 Å². The second kappa shape index (κ2) is 12.9. The molecule has 0 aliphatic carbocycles. The van der Waals surface area contributed by atoms with Crippen LogP contribution in [-0.2, 0) is 10.5 Å². The maximum absolute atomic E-state index is 12.5. The van der Waals surface area contributed by atoms with Gasteiger partial charge in [-0.3, -0.25) is 14.9 Å². The van der Waals surface area contributed by atoms with Crippen LogP contribution in [0.2, 0.25) is 0 Å². The molecule has 0 bridgehead atoms. The minimum atomic E-state index is -0.220. The highest BCUT2D eigenvalue weighted by Crippen LogP contribution is 2.21. The lowest BCUT2D eigenvalue weighted by atomic mass is 10.2. The molecule has 0 unspecified atom stereocenters. The summed E-state index contributed by atoms with van der Waals surface area (Å²) < 4.78 is 10.7. The van der Waals surface area contributed by atoms with E-state index in [-0.39, 0.29) is 11.8 Å². The molecule has 0 atom stereocenters. The van der Waals surface area contributed by atoms with Gasteiger partial charge in [-0.2, -0.15) is 0 Å². The van der Waals surface area contributed by atoms with Crippen molar-refractivity contribution in [3.63, 3.8) is 0 Å². The van der Waals surface area contributed by atoms with Crippen molar-refractivity contribution in [2.75, 3.05) is 30.1 Å². The number of amides is 2. The standard InChI is InChI=1S/C24H27N3O4S2/c1-3-4-13-31-21-9-5-17(6-10-21)23(29)27-24-26-19(15-33-24)14-32-16-22(28)25-18-7-11-20(30-2)12-8-18/h5-12,15H,3-4,13-14,16H2,1-2H3,(H,25,28)(H,26,27,29). The molecule has 2 N–H and O–H groups in total. The second-order valence-corrected chi connectivity index (χ2v) is 8.94. The monoisotopic (exact) mass is 485 g/mol. The summed E-state index contributed by atoms with van der Waals surface area (Å²) in [4.78, 5) is 29.0. The van der Waals surface area contributed by atoms with E-state index in [1.54, 1.807) is 55.6 Å². The van der Waals surface area contributed by atoms with Crippen LogP contribution < -0.4 is 20.1 Å². The number of benzene rings is 2. The number of carbonyl (C=O) groups excluding carboxylic acids is 2. The molecule has 1 heterocycles. The summed E-state index contributed by atoms with van der Waals surface area (Å²) in [5.74, 6) is 2.06. The number of ether oxygens (including phenoxy) is 2. The number of carbonyl (C=O) groups is 2. The largest absolute Gasteiger partial charge is 0.497 e. The third kappa shape index (κ3) is 8.11. The number of nitrogens with zero attached hydrogens (tertiary/aromatic N) is 1. The second-order valence-electron chi connectivity index (χ2n) is 7.09. The molecule has 0 saturated carbocycles. The lowest BCUT2D eigenvalue weighted by Gasteiger charge is -2.06. The molecular formula is C24H27N3O4S2. The van der Waals surface area contributed by atoms with Gasteiger partial charge in [0.05, 0.1) is 25.2 Å². The smallest absolute Gasteiger partial charge is 0.257 e. The fourth-order valence-electron chi connectivity index (χ4n) is 2.76. The van der Waals surface area contributed by atoms with Crippen LogP contribution in [0.5, 0.6) is 11.5 Å². The first-order valence-corrected chi connectivity index (χ1v) is 12.6. The highest BCUT2D eigenvalue weighted by atomic mass is 32.2. The molecule has 0 fully saturated rings. The average Bonchev–Trinajstić information content (AvgIpc) is 3.27. The van der Waals surface area contributed by atoms with Gasteiger partial charge in [0.25, 0.3) is 5.91 Å². The Morgan fingerprint density at radius 3 is 2.45 bits per heavy atom. The Balaban J connectivity index is 1.41. The van der Waals surface area contributed by atoms with Gasteiger partial charge in [-0.1, -0.05) is 13.3 Å². The summed E-state index contributed by atoms with van der Waals surface area (Å²) in [5, 5.41) is 8.08. The SMILES string of the molecule is CCCCOc1ccc(C(=O)Nc2nc(CSCC(=O)Nc3ccc(OC)cc3)cs2)cc1. The number of methoxy groups -OCH3 is 1. The van der Waals surface area contributed by atoms with Gasteiger partial charge in [0.15, 0.2) is 5.13 Å². The number of hydrogen-bond acceptors (Lipinski definition) is 7. The van der Waals surface area contributed by atoms with Crippen molar-refractivity contribution in [2.24, 2.45) is 0 Å². The van der Waals surface area contributed by atoms with E-state index in [2.05, 4.69) is 22.5 Å². The normalized spacial score (nSPS) is 10.5. The van der Waals surface area contributed by atoms with Gasteiger partial charge in [-0.25, -0.2) is 4.98 Å². The number of unbranched alkanes of at least 4 members (excludes halogenated alkanes) is 1. The van der Waals surface area contributed by atoms with Crippen LogP contribution in [-0.4, -0.2) is 36.3 Å². The molecule has 9 heteroatoms. The van der Waals surface area contributed by atoms with Gasteiger partial charge in [0, 0.05) is 22.4 Å². The molecule has 1 aromatic heterocycles. The Labute approximate surface area is 201 Å². The fourth-order valence-corrected chi connectivity index (χ4v) is 4.28. The lowest BCUT2D eigenvalue weighted by molar-refractivity contribution is -0.113. The Bertz CT molecular complexity index is 1040. The summed E-state index contributed by atoms with van der Waals surface area (Å²) >= 11 is 2.82. The highest BCUT2D eigenvalue weighted by Gasteiger charge is 2.10. The van der Waals surface area contributed by atoms with Crippen molar-refractivity contribution >= 4 is 45.7 Å². The van der Waals surface area contributed by atoms with Gasteiger partial charge in [-0.15, -0.1) is 23.1 Å². The molecule has 33 heavy (non-hydrogen) atoms. The zero-order chi connectivity index (χ0) is 23.5. The molecule has 0 aliphatic rings. The summed E-state index contributed by atoms with van der Waals surface area (Å²) in [5.41, 5.74) is 2.08. The van der Waals surface area contributed by atoms with Crippen LogP contribution in [0.4, 0.5) is 10.8 Å². The molecule has 0 aliphatic heterocycles. The number of anilines is 2. The van der Waals surface area contributed by atoms with Gasteiger partial charge in [0.1, 0.15) is 11.5 Å². The van der Waals surface area contributed by atoms with Crippen molar-refractivity contribution in [2.45, 2.75) is 25.5 Å². The predicted octanol–water partition coefficient (Wildman–Crippen LogP) is 5.45. The molecule has 2 aromatic carbocycles. The number of rotatable bonds is 12. The van der Waals surface area contributed by atoms with Gasteiger partial charge in [-0.05, 0) is 55.0 Å². The molecule has 0 radical (unpaired) electrons. The summed E-state index contributed by atoms with van der Waals surface area (Å²) in [6.45, 7) is 2.78. The van der Waals surface area contributed by atoms with Crippen LogP contribution in [0.15, 0.2) is 53.9 Å². The first-order chi connectivity index (χ1) is 16.1. The number of aromatic nitrogens is 1. The number of nitrogens with one attached hydrogen (secondary N) is 2. The van der Waals surface area contributed by atoms with Crippen LogP contribution in [0.25, 0.3) is 0 Å². The molecule has 0 saturated heterocycles. The van der Waals surface area contributed by atoms with Crippen molar-refractivity contribution in [3.05, 3.63) is 65.2 Å². The molecule has 3 rings (SSSR count). The van der Waals surface area contributed by atoms with Crippen molar-refractivity contribution in [1.82, 2.24) is 4.98 Å². The quantitative estimate of drug-likeness (QED) is 0.331. The van der Waals surface area contributed by atoms with Crippen molar-refractivity contribution < 1.29 is 19.1 Å². The van der Waals surface area contributed by atoms with Crippen LogP contribution in [0.1, 0.15) is 35.8 Å². The maximum atomic E-state index is 12.5. The van der Waals surface area contributed by atoms with Crippen LogP contribution in [0.3, 0.4) is 0 Å². The third-order valence-corrected chi connectivity index (χ3v) is 6.28. The Kier molecular flexibility index (Phi) is 9.59. The first kappa shape index (κ1) is 24.6. The van der Waals surface area contributed by atoms with Crippen molar-refractivity contribution in [1.29, 1.82) is 0 Å². The maximum Gasteiger partial charge on any atom is 0.257 e. The Hall–Kier alpha value is -3.04. The molecule has 2 amide bonds. The van der Waals surface area contributed by atoms with E-state index in [0.717, 1.165) is 35.7 Å². The highest BCUT2D eigenvalue weighted by molar-refractivity contribution is 7.99. The van der Waals surface area contributed by atoms with E-state index < -0.39 is 0 Å². The number of thioether (sulfide) groups is 1. The average molecular weight is 486 g/mol. The summed E-state index contributed by atoms with van der Waals surface area (Å²) in [6.07, 6.45) is 2.08. The predicted molar refractivity (Wildman–Crippen MR) is 135 cm³/mol. The fraction of sp³-hybridized carbons (Fsp3) is 0.292. The minimum absolute atomic E-state index is 0.0870. The number of hydrogen-bond donors (Lipinski definition) is 2. The topological polar surface area (TPSA) is 89.5 Å². The lowest BCUT2D eigenvalue weighted by Crippen LogP contribution is -2.14. The first-order valence-electron chi connectivity index (χ1n) is 10.6. The zero-order valence-electron chi connectivity index (χ0n) is 18.6. The zero-order valence-corrected chi connectivity index (χ0v) is 20.3. The summed E-state index contributed by atoms with van der Waals surface area (Å²) in [6, 6.07) is 14.3. The number of thiazole rings is 1. The van der Waals surface area contributed by atoms with E-state index >= 15 is 0 Å². The summed E-state index contributed by atoms with van der Waals surface area (Å²) in [7, 11) is 1.60. The van der Waals surface area contributed by atoms with Crippen molar-refractivity contribution in [3.8, 4) is 11.5 Å².